The molecule has 2 aromatic carbocycles. The number of para-hydroxylation sites is 1. The molecule has 0 saturated carbocycles. The van der Waals surface area contributed by atoms with Crippen molar-refractivity contribution in [2.45, 2.75) is 12.1 Å². The molecule has 0 saturated heterocycles. The highest BCUT2D eigenvalue weighted by atomic mass is 32.2. The summed E-state index contributed by atoms with van der Waals surface area (Å²) in [7, 11) is 0. The third-order valence-electron chi connectivity index (χ3n) is 4.38. The van der Waals surface area contributed by atoms with Crippen molar-refractivity contribution in [3.05, 3.63) is 64.4 Å². The van der Waals surface area contributed by atoms with Gasteiger partial charge in [-0.1, -0.05) is 41.6 Å². The Morgan fingerprint density at radius 3 is 2.64 bits per heavy atom. The van der Waals surface area contributed by atoms with Crippen LogP contribution in [0.4, 0.5) is 0 Å². The molecule has 7 nitrogen and oxygen atoms in total. The Hall–Kier alpha value is -2.68. The summed E-state index contributed by atoms with van der Waals surface area (Å²) >= 11 is 1.50. The smallest absolute Gasteiger partial charge is 0.267 e. The average molecular weight is 396 g/mol. The molecule has 4 rings (SSSR count). The van der Waals surface area contributed by atoms with Gasteiger partial charge in [0.15, 0.2) is 5.16 Å². The molecule has 28 heavy (non-hydrogen) atoms. The Bertz CT molecular complexity index is 1170. The number of fused-ring (bicyclic) bond motifs is 3. The van der Waals surface area contributed by atoms with Crippen LogP contribution in [0.15, 0.2) is 58.5 Å². The SMILES string of the molecule is Cc1ccc(-n2c(=O)c3ccccc3n3c(SCCOCCO)nnc23)cc1. The molecule has 0 amide bonds. The number of nitrogens with zero attached hydrogens (tertiary/aromatic N) is 4. The van der Waals surface area contributed by atoms with Gasteiger partial charge in [0.1, 0.15) is 0 Å². The van der Waals surface area contributed by atoms with Gasteiger partial charge in [0.25, 0.3) is 5.56 Å². The molecule has 4 aromatic rings. The van der Waals surface area contributed by atoms with Crippen LogP contribution in [0, 0.1) is 6.92 Å². The largest absolute Gasteiger partial charge is 0.394 e. The summed E-state index contributed by atoms with van der Waals surface area (Å²) < 4.78 is 8.83. The fourth-order valence-electron chi connectivity index (χ4n) is 3.06. The van der Waals surface area contributed by atoms with Gasteiger partial charge in [-0.05, 0) is 31.2 Å². The fourth-order valence-corrected chi connectivity index (χ4v) is 3.85. The highest BCUT2D eigenvalue weighted by Gasteiger charge is 2.17. The highest BCUT2D eigenvalue weighted by Crippen LogP contribution is 2.23. The van der Waals surface area contributed by atoms with Crippen LogP contribution in [0.25, 0.3) is 22.4 Å². The third-order valence-corrected chi connectivity index (χ3v) is 5.27. The van der Waals surface area contributed by atoms with Crippen LogP contribution in [0.5, 0.6) is 0 Å². The zero-order chi connectivity index (χ0) is 19.5. The molecule has 0 bridgehead atoms. The lowest BCUT2D eigenvalue weighted by Gasteiger charge is -2.11. The first kappa shape index (κ1) is 18.7. The number of aromatic nitrogens is 4. The standard InChI is InChI=1S/C20H20N4O3S/c1-14-6-8-15(9-7-14)23-18(26)16-4-2-3-5-17(16)24-19(23)21-22-20(24)28-13-12-27-11-10-25/h2-9,25H,10-13H2,1H3. The normalized spacial score (nSPS) is 11.5. The maximum absolute atomic E-state index is 13.2. The second-order valence-electron chi connectivity index (χ2n) is 6.30. The summed E-state index contributed by atoms with van der Waals surface area (Å²) in [6.45, 7) is 2.83. The van der Waals surface area contributed by atoms with Crippen LogP contribution in [0.3, 0.4) is 0 Å². The molecule has 0 radical (unpaired) electrons. The van der Waals surface area contributed by atoms with Gasteiger partial charge >= 0.3 is 0 Å². The van der Waals surface area contributed by atoms with E-state index < -0.39 is 0 Å². The van der Waals surface area contributed by atoms with E-state index in [1.807, 2.05) is 59.9 Å². The predicted molar refractivity (Wildman–Crippen MR) is 109 cm³/mol. The Kier molecular flexibility index (Phi) is 5.43. The van der Waals surface area contributed by atoms with Crippen molar-refractivity contribution < 1.29 is 9.84 Å². The van der Waals surface area contributed by atoms with Crippen LogP contribution in [0.2, 0.25) is 0 Å². The lowest BCUT2D eigenvalue weighted by atomic mass is 10.2. The summed E-state index contributed by atoms with van der Waals surface area (Å²) in [4.78, 5) is 13.2. The quantitative estimate of drug-likeness (QED) is 0.382. The van der Waals surface area contributed by atoms with Crippen molar-refractivity contribution in [2.24, 2.45) is 0 Å². The van der Waals surface area contributed by atoms with E-state index in [1.165, 1.54) is 11.8 Å². The monoisotopic (exact) mass is 396 g/mol. The van der Waals surface area contributed by atoms with Crippen molar-refractivity contribution in [2.75, 3.05) is 25.6 Å². The topological polar surface area (TPSA) is 81.7 Å². The molecular formula is C20H20N4O3S. The maximum atomic E-state index is 13.2. The number of rotatable bonds is 7. The zero-order valence-corrected chi connectivity index (χ0v) is 16.2. The second kappa shape index (κ2) is 8.14. The molecule has 0 unspecified atom stereocenters. The lowest BCUT2D eigenvalue weighted by molar-refractivity contribution is 0.103. The van der Waals surface area contributed by atoms with Gasteiger partial charge in [0, 0.05) is 5.75 Å². The summed E-state index contributed by atoms with van der Waals surface area (Å²) in [6, 6.07) is 15.2. The van der Waals surface area contributed by atoms with Crippen molar-refractivity contribution in [3.63, 3.8) is 0 Å². The van der Waals surface area contributed by atoms with Crippen molar-refractivity contribution >= 4 is 28.4 Å². The molecule has 0 spiro atoms. The number of aryl methyl sites for hydroxylation is 1. The van der Waals surface area contributed by atoms with Gasteiger partial charge in [0.05, 0.1) is 36.4 Å². The van der Waals surface area contributed by atoms with Gasteiger partial charge < -0.3 is 9.84 Å². The fraction of sp³-hybridized carbons (Fsp3) is 0.250. The van der Waals surface area contributed by atoms with Gasteiger partial charge in [0.2, 0.25) is 5.78 Å². The van der Waals surface area contributed by atoms with Crippen LogP contribution >= 0.6 is 11.8 Å². The minimum Gasteiger partial charge on any atom is -0.394 e. The average Bonchev–Trinajstić information content (AvgIpc) is 3.13. The number of aliphatic hydroxyl groups is 1. The Labute approximate surface area is 165 Å². The highest BCUT2D eigenvalue weighted by molar-refractivity contribution is 7.99. The summed E-state index contributed by atoms with van der Waals surface area (Å²) in [5, 5.41) is 18.7. The number of hydrogen-bond acceptors (Lipinski definition) is 6. The summed E-state index contributed by atoms with van der Waals surface area (Å²) in [5.74, 6) is 1.14. The van der Waals surface area contributed by atoms with E-state index >= 15 is 0 Å². The van der Waals surface area contributed by atoms with Crippen molar-refractivity contribution in [3.8, 4) is 5.69 Å². The van der Waals surface area contributed by atoms with Crippen LogP contribution < -0.4 is 5.56 Å². The molecule has 8 heteroatoms. The van der Waals surface area contributed by atoms with E-state index in [1.54, 1.807) is 4.57 Å². The maximum Gasteiger partial charge on any atom is 0.267 e. The molecule has 144 valence electrons. The second-order valence-corrected chi connectivity index (χ2v) is 7.36. The molecule has 1 N–H and O–H groups in total. The number of ether oxygens (including phenoxy) is 1. The molecule has 2 aromatic heterocycles. The number of aliphatic hydroxyl groups excluding tert-OH is 1. The molecule has 0 aliphatic heterocycles. The van der Waals surface area contributed by atoms with Crippen molar-refractivity contribution in [1.82, 2.24) is 19.2 Å². The lowest BCUT2D eigenvalue weighted by Crippen LogP contribution is -2.21. The molecular weight excluding hydrogens is 376 g/mol. The van der Waals surface area contributed by atoms with Gasteiger partial charge in [-0.2, -0.15) is 0 Å². The van der Waals surface area contributed by atoms with E-state index in [0.717, 1.165) is 16.8 Å². The van der Waals surface area contributed by atoms with E-state index in [9.17, 15) is 4.79 Å². The Balaban J connectivity index is 1.86. The van der Waals surface area contributed by atoms with Gasteiger partial charge in [-0.15, -0.1) is 10.2 Å². The first-order valence-electron chi connectivity index (χ1n) is 8.98. The van der Waals surface area contributed by atoms with Crippen LogP contribution in [0.1, 0.15) is 5.56 Å². The molecule has 0 aliphatic rings. The van der Waals surface area contributed by atoms with Gasteiger partial charge in [-0.25, -0.2) is 4.57 Å². The number of thioether (sulfide) groups is 1. The van der Waals surface area contributed by atoms with Gasteiger partial charge in [-0.3, -0.25) is 9.20 Å². The van der Waals surface area contributed by atoms with Crippen LogP contribution in [-0.4, -0.2) is 49.8 Å². The minimum absolute atomic E-state index is 0.00595. The Morgan fingerprint density at radius 2 is 1.86 bits per heavy atom. The number of benzene rings is 2. The zero-order valence-electron chi connectivity index (χ0n) is 15.4. The summed E-state index contributed by atoms with van der Waals surface area (Å²) in [5.41, 5.74) is 2.52. The minimum atomic E-state index is -0.123. The predicted octanol–water partition coefficient (Wildman–Crippen LogP) is 2.44. The van der Waals surface area contributed by atoms with E-state index in [-0.39, 0.29) is 12.2 Å². The van der Waals surface area contributed by atoms with Crippen LogP contribution in [-0.2, 0) is 4.74 Å². The Morgan fingerprint density at radius 1 is 1.07 bits per heavy atom. The third kappa shape index (κ3) is 3.42. The molecule has 0 atom stereocenters. The first-order chi connectivity index (χ1) is 13.7. The molecule has 2 heterocycles. The first-order valence-corrected chi connectivity index (χ1v) is 9.96. The van der Waals surface area contributed by atoms with E-state index in [4.69, 9.17) is 9.84 Å². The number of hydrogen-bond donors (Lipinski definition) is 1. The van der Waals surface area contributed by atoms with E-state index in [0.29, 0.717) is 35.3 Å². The molecule has 0 aliphatic carbocycles. The van der Waals surface area contributed by atoms with Crippen molar-refractivity contribution in [1.29, 1.82) is 0 Å². The molecule has 0 fully saturated rings. The van der Waals surface area contributed by atoms with E-state index in [2.05, 4.69) is 10.2 Å². The summed E-state index contributed by atoms with van der Waals surface area (Å²) in [6.07, 6.45) is 0.